The Hall–Kier alpha value is -3.12. The SMILES string of the molecule is [2H]C1(c2c(C#N)ccc3c2oc2c(-c4cccc[n+]4C)c(C)ccc23)CCC2CCCC2C1. The lowest BCUT2D eigenvalue weighted by molar-refractivity contribution is -0.660. The lowest BCUT2D eigenvalue weighted by atomic mass is 9.72. The van der Waals surface area contributed by atoms with E-state index in [1.807, 2.05) is 37.5 Å². The first-order chi connectivity index (χ1) is 16.0. The largest absolute Gasteiger partial charge is 0.455 e. The molecule has 0 N–H and O–H groups in total. The Balaban J connectivity index is 1.63. The van der Waals surface area contributed by atoms with Gasteiger partial charge in [0, 0.05) is 29.8 Å². The zero-order valence-electron chi connectivity index (χ0n) is 19.8. The molecule has 2 aliphatic rings. The highest BCUT2D eigenvalue weighted by molar-refractivity contribution is 6.11. The highest BCUT2D eigenvalue weighted by Gasteiger charge is 2.36. The van der Waals surface area contributed by atoms with Gasteiger partial charge in [0.2, 0.25) is 5.69 Å². The molecular weight excluding hydrogens is 392 g/mol. The summed E-state index contributed by atoms with van der Waals surface area (Å²) < 4.78 is 18.4. The molecule has 32 heavy (non-hydrogen) atoms. The summed E-state index contributed by atoms with van der Waals surface area (Å²) in [7, 11) is 2.05. The Morgan fingerprint density at radius 3 is 2.66 bits per heavy atom. The molecule has 0 aliphatic heterocycles. The molecule has 0 spiro atoms. The maximum absolute atomic E-state index is 10.0. The predicted molar refractivity (Wildman–Crippen MR) is 127 cm³/mol. The molecule has 0 saturated heterocycles. The lowest BCUT2D eigenvalue weighted by Gasteiger charge is -2.32. The van der Waals surface area contributed by atoms with Crippen LogP contribution in [-0.2, 0) is 7.05 Å². The average Bonchev–Trinajstić information content (AvgIpc) is 3.42. The molecule has 3 nitrogen and oxygen atoms in total. The second-order valence-corrected chi connectivity index (χ2v) is 9.71. The summed E-state index contributed by atoms with van der Waals surface area (Å²) in [6.07, 6.45) is 8.57. The maximum atomic E-state index is 10.0. The Kier molecular flexibility index (Phi) is 4.32. The van der Waals surface area contributed by atoms with E-state index in [-0.39, 0.29) is 0 Å². The molecule has 0 radical (unpaired) electrons. The smallest absolute Gasteiger partial charge is 0.216 e. The van der Waals surface area contributed by atoms with E-state index in [1.165, 1.54) is 19.3 Å². The van der Waals surface area contributed by atoms with Crippen molar-refractivity contribution in [1.82, 2.24) is 0 Å². The zero-order valence-corrected chi connectivity index (χ0v) is 18.8. The van der Waals surface area contributed by atoms with Gasteiger partial charge in [-0.2, -0.15) is 5.26 Å². The Bertz CT molecular complexity index is 1450. The summed E-state index contributed by atoms with van der Waals surface area (Å²) >= 11 is 0. The summed E-state index contributed by atoms with van der Waals surface area (Å²) in [4.78, 5) is 0. The van der Waals surface area contributed by atoms with Crippen molar-refractivity contribution in [2.24, 2.45) is 18.9 Å². The standard InChI is InChI=1S/C29H29N2O/c1-18-9-13-23-24-14-12-22(17-30)27(21-11-10-19-6-5-7-20(19)16-21)29(24)32-28(23)26(18)25-8-3-4-15-31(25)2/h3-4,8-9,12-15,19-21H,5-7,10-11,16H2,1-2H3/q+1/i21D. The molecule has 3 unspecified atom stereocenters. The van der Waals surface area contributed by atoms with E-state index in [0.717, 1.165) is 69.5 Å². The summed E-state index contributed by atoms with van der Waals surface area (Å²) in [6.45, 7) is 2.12. The third-order valence-corrected chi connectivity index (χ3v) is 7.95. The first kappa shape index (κ1) is 18.5. The summed E-state index contributed by atoms with van der Waals surface area (Å²) in [5.74, 6) is 0.594. The van der Waals surface area contributed by atoms with Crippen molar-refractivity contribution in [2.45, 2.75) is 51.3 Å². The molecule has 2 aromatic heterocycles. The molecule has 2 fully saturated rings. The Labute approximate surface area is 190 Å². The third kappa shape index (κ3) is 2.89. The van der Waals surface area contributed by atoms with E-state index >= 15 is 0 Å². The minimum Gasteiger partial charge on any atom is -0.455 e. The first-order valence-corrected chi connectivity index (χ1v) is 11.8. The van der Waals surface area contributed by atoms with Gasteiger partial charge in [0.05, 0.1) is 17.2 Å². The van der Waals surface area contributed by atoms with E-state index < -0.39 is 5.89 Å². The highest BCUT2D eigenvalue weighted by atomic mass is 16.3. The molecule has 0 amide bonds. The topological polar surface area (TPSA) is 40.8 Å². The molecule has 3 atom stereocenters. The van der Waals surface area contributed by atoms with Gasteiger partial charge >= 0.3 is 0 Å². The normalized spacial score (nSPS) is 25.6. The van der Waals surface area contributed by atoms with Crippen molar-refractivity contribution >= 4 is 21.9 Å². The lowest BCUT2D eigenvalue weighted by Crippen LogP contribution is -2.30. The number of pyridine rings is 1. The van der Waals surface area contributed by atoms with Crippen LogP contribution in [0.2, 0.25) is 0 Å². The molecule has 6 rings (SSSR count). The van der Waals surface area contributed by atoms with E-state index in [0.29, 0.717) is 11.5 Å². The predicted octanol–water partition coefficient (Wildman–Crippen LogP) is 6.94. The number of nitriles is 1. The van der Waals surface area contributed by atoms with Gasteiger partial charge in [-0.15, -0.1) is 0 Å². The van der Waals surface area contributed by atoms with Crippen LogP contribution in [0.5, 0.6) is 0 Å². The van der Waals surface area contributed by atoms with E-state index in [9.17, 15) is 6.63 Å². The molecule has 160 valence electrons. The summed E-state index contributed by atoms with van der Waals surface area (Å²) in [6, 6.07) is 16.8. The van der Waals surface area contributed by atoms with Crippen molar-refractivity contribution in [1.29, 1.82) is 5.26 Å². The van der Waals surface area contributed by atoms with E-state index in [1.54, 1.807) is 0 Å². The van der Waals surface area contributed by atoms with Gasteiger partial charge in [-0.3, -0.25) is 0 Å². The van der Waals surface area contributed by atoms with Crippen LogP contribution < -0.4 is 4.57 Å². The van der Waals surface area contributed by atoms with Crippen LogP contribution in [0, 0.1) is 30.1 Å². The minimum atomic E-state index is -0.767. The Morgan fingerprint density at radius 1 is 1.00 bits per heavy atom. The molecule has 0 bridgehead atoms. The van der Waals surface area contributed by atoms with Crippen molar-refractivity contribution in [3.63, 3.8) is 0 Å². The summed E-state index contributed by atoms with van der Waals surface area (Å²) in [5.41, 5.74) is 6.31. The highest BCUT2D eigenvalue weighted by Crippen LogP contribution is 2.50. The van der Waals surface area contributed by atoms with Crippen molar-refractivity contribution in [3.8, 4) is 17.3 Å². The van der Waals surface area contributed by atoms with Crippen LogP contribution >= 0.6 is 0 Å². The van der Waals surface area contributed by atoms with Gasteiger partial charge < -0.3 is 4.42 Å². The maximum Gasteiger partial charge on any atom is 0.216 e. The minimum absolute atomic E-state index is 0.594. The zero-order chi connectivity index (χ0) is 22.7. The fourth-order valence-corrected chi connectivity index (χ4v) is 6.32. The van der Waals surface area contributed by atoms with Crippen molar-refractivity contribution in [3.05, 3.63) is 65.4 Å². The number of nitrogens with zero attached hydrogens (tertiary/aromatic N) is 2. The van der Waals surface area contributed by atoms with Gasteiger partial charge in [-0.25, -0.2) is 4.57 Å². The Morgan fingerprint density at radius 2 is 1.81 bits per heavy atom. The van der Waals surface area contributed by atoms with E-state index in [2.05, 4.69) is 35.8 Å². The molecule has 2 saturated carbocycles. The monoisotopic (exact) mass is 422 g/mol. The molecule has 3 heteroatoms. The molecule has 4 aromatic rings. The van der Waals surface area contributed by atoms with Crippen LogP contribution in [0.4, 0.5) is 0 Å². The second-order valence-electron chi connectivity index (χ2n) is 9.71. The number of aryl methyl sites for hydroxylation is 2. The quantitative estimate of drug-likeness (QED) is 0.328. The van der Waals surface area contributed by atoms with Crippen LogP contribution in [0.3, 0.4) is 0 Å². The van der Waals surface area contributed by atoms with Gasteiger partial charge in [0.25, 0.3) is 0 Å². The van der Waals surface area contributed by atoms with Gasteiger partial charge in [0.1, 0.15) is 18.2 Å². The second kappa shape index (κ2) is 7.48. The number of aromatic nitrogens is 1. The molecule has 2 heterocycles. The molecular formula is C29H29N2O+. The molecule has 2 aromatic carbocycles. The average molecular weight is 423 g/mol. The third-order valence-electron chi connectivity index (χ3n) is 7.95. The number of fused-ring (bicyclic) bond motifs is 4. The van der Waals surface area contributed by atoms with E-state index in [4.69, 9.17) is 4.42 Å². The number of rotatable bonds is 2. The number of benzene rings is 2. The summed E-state index contributed by atoms with van der Waals surface area (Å²) in [5, 5.41) is 12.1. The van der Waals surface area contributed by atoms with Gasteiger partial charge in [0.15, 0.2) is 6.20 Å². The number of hydrogen-bond donors (Lipinski definition) is 0. The van der Waals surface area contributed by atoms with Gasteiger partial charge in [-0.1, -0.05) is 31.4 Å². The fraction of sp³-hybridized carbons (Fsp3) is 0.379. The number of hydrogen-bond acceptors (Lipinski definition) is 2. The van der Waals surface area contributed by atoms with Crippen LogP contribution in [0.15, 0.2) is 53.1 Å². The molecule has 2 aliphatic carbocycles. The van der Waals surface area contributed by atoms with Crippen LogP contribution in [0.1, 0.15) is 62.5 Å². The van der Waals surface area contributed by atoms with Crippen molar-refractivity contribution in [2.75, 3.05) is 0 Å². The van der Waals surface area contributed by atoms with Crippen LogP contribution in [0.25, 0.3) is 33.2 Å². The number of furan rings is 1. The van der Waals surface area contributed by atoms with Crippen molar-refractivity contribution < 1.29 is 10.4 Å². The van der Waals surface area contributed by atoms with Gasteiger partial charge in [-0.05, 0) is 67.7 Å². The first-order valence-electron chi connectivity index (χ1n) is 12.3. The van der Waals surface area contributed by atoms with Crippen LogP contribution in [-0.4, -0.2) is 0 Å². The fourth-order valence-electron chi connectivity index (χ4n) is 6.32.